The fraction of sp³-hybridized carbons (Fsp3) is 0. The van der Waals surface area contributed by atoms with Gasteiger partial charge in [0.15, 0.2) is 0 Å². The van der Waals surface area contributed by atoms with Gasteiger partial charge in [0.2, 0.25) is 0 Å². The molecule has 0 N–H and O–H groups in total. The van der Waals surface area contributed by atoms with Gasteiger partial charge in [-0.1, -0.05) is 106 Å². The molecule has 1 aromatic heterocycles. The maximum atomic E-state index is 5.15. The lowest BCUT2D eigenvalue weighted by molar-refractivity contribution is 1.10. The van der Waals surface area contributed by atoms with E-state index in [1.807, 2.05) is 0 Å². The van der Waals surface area contributed by atoms with E-state index in [-0.39, 0.29) is 0 Å². The molecule has 0 aliphatic rings. The van der Waals surface area contributed by atoms with Crippen LogP contribution in [0.15, 0.2) is 103 Å². The van der Waals surface area contributed by atoms with Crippen molar-refractivity contribution in [2.75, 3.05) is 0 Å². The predicted molar refractivity (Wildman–Crippen MR) is 304 cm³/mol. The molecule has 0 aliphatic heterocycles. The minimum atomic E-state index is 0.948. The van der Waals surface area contributed by atoms with Crippen LogP contribution in [0.4, 0.5) is 0 Å². The molecule has 0 amide bonds. The molecule has 2 nitrogen and oxygen atoms in total. The molecule has 0 unspecified atom stereocenters. The van der Waals surface area contributed by atoms with E-state index in [1.165, 1.54) is 126 Å². The number of imidazole rings is 1. The van der Waals surface area contributed by atoms with Crippen molar-refractivity contribution in [2.45, 2.75) is 0 Å². The fourth-order valence-electron chi connectivity index (χ4n) is 10.3. The Morgan fingerprint density at radius 2 is 0.717 bits per heavy atom. The number of aromatic nitrogens is 2. The summed E-state index contributed by atoms with van der Waals surface area (Å²) in [6.45, 7) is 0. The van der Waals surface area contributed by atoms with Gasteiger partial charge in [0.05, 0.1) is 11.0 Å². The molecule has 0 saturated heterocycles. The van der Waals surface area contributed by atoms with E-state index in [0.29, 0.717) is 0 Å². The Labute approximate surface area is 366 Å². The Morgan fingerprint density at radius 3 is 1.23 bits per heavy atom. The van der Waals surface area contributed by atoms with Gasteiger partial charge < -0.3 is 0 Å². The zero-order chi connectivity index (χ0) is 42.5. The molecule has 0 spiro atoms. The molecule has 9 aromatic rings. The van der Waals surface area contributed by atoms with Crippen LogP contribution in [0.1, 0.15) is 0 Å². The summed E-state index contributed by atoms with van der Waals surface area (Å²) in [6, 6.07) is 37.8. The standard InChI is InChI=1S/C45H43B13N2/c46-32-27(33(47)39(53)44(58)38(32)52)21-10-6-9-20(17-21)26-30-28(34(48)40(54)42(56)36(30)50)25(29-31(26)37(51)43(57)41(55)35(29)49)18-13-15-22(16-14-18)60-24-12-5-4-11-23(24)59-45(60)19-7-2-1-3-8-19/h1-17H,46-58H2. The third-order valence-corrected chi connectivity index (χ3v) is 14.8. The largest absolute Gasteiger partial charge is 0.292 e. The Morgan fingerprint density at radius 1 is 0.317 bits per heavy atom. The van der Waals surface area contributed by atoms with E-state index in [9.17, 15) is 0 Å². The topological polar surface area (TPSA) is 17.8 Å². The van der Waals surface area contributed by atoms with Crippen LogP contribution in [-0.4, -0.2) is 112 Å². The Bertz CT molecular complexity index is 3180. The Hall–Kier alpha value is -5.41. The van der Waals surface area contributed by atoms with E-state index in [4.69, 9.17) is 4.98 Å². The van der Waals surface area contributed by atoms with Gasteiger partial charge in [-0.15, -0.1) is 38.2 Å². The van der Waals surface area contributed by atoms with Crippen LogP contribution in [-0.2, 0) is 0 Å². The summed E-state index contributed by atoms with van der Waals surface area (Å²) in [5.41, 5.74) is 29.9. The van der Waals surface area contributed by atoms with Gasteiger partial charge in [-0.05, 0) is 85.3 Å². The van der Waals surface area contributed by atoms with E-state index in [1.54, 1.807) is 0 Å². The molecule has 0 radical (unpaired) electrons. The molecule has 0 fully saturated rings. The van der Waals surface area contributed by atoms with E-state index < -0.39 is 0 Å². The normalized spacial score (nSPS) is 11.5. The number of fused-ring (bicyclic) bond motifs is 3. The van der Waals surface area contributed by atoms with Crippen molar-refractivity contribution in [3.8, 4) is 50.5 Å². The van der Waals surface area contributed by atoms with Crippen LogP contribution >= 0.6 is 0 Å². The summed E-state index contributed by atoms with van der Waals surface area (Å²) in [4.78, 5) is 5.15. The molecule has 15 heteroatoms. The van der Waals surface area contributed by atoms with Gasteiger partial charge in [0, 0.05) is 11.3 Å². The van der Waals surface area contributed by atoms with Crippen molar-refractivity contribution in [2.24, 2.45) is 0 Å². The molecule has 0 saturated carbocycles. The fourth-order valence-corrected chi connectivity index (χ4v) is 10.3. The molecule has 0 bridgehead atoms. The minimum absolute atomic E-state index is 0.948. The molecule has 1 heterocycles. The summed E-state index contributed by atoms with van der Waals surface area (Å²) in [6.07, 6.45) is 0. The van der Waals surface area contributed by atoms with Crippen LogP contribution < -0.4 is 71.0 Å². The Balaban J connectivity index is 1.38. The maximum Gasteiger partial charge on any atom is 0.145 e. The molecule has 0 atom stereocenters. The smallest absolute Gasteiger partial charge is 0.145 e. The highest BCUT2D eigenvalue weighted by atomic mass is 15.1. The van der Waals surface area contributed by atoms with Crippen LogP contribution in [0.3, 0.4) is 0 Å². The van der Waals surface area contributed by atoms with Crippen molar-refractivity contribution in [1.82, 2.24) is 9.55 Å². The van der Waals surface area contributed by atoms with Gasteiger partial charge in [0.25, 0.3) is 0 Å². The second-order valence-electron chi connectivity index (χ2n) is 17.5. The van der Waals surface area contributed by atoms with Crippen molar-refractivity contribution in [3.63, 3.8) is 0 Å². The van der Waals surface area contributed by atoms with Crippen LogP contribution in [0.2, 0.25) is 0 Å². The summed E-state index contributed by atoms with van der Waals surface area (Å²) < 4.78 is 2.31. The zero-order valence-electron chi connectivity index (χ0n) is 37.7. The van der Waals surface area contributed by atoms with E-state index >= 15 is 0 Å². The SMILES string of the molecule is Bc1c(B)c(B)c(-c2cccc(-c3c4c(B)c(B)c(B)c(B)c4c(-c4ccc(-n5c(-c6ccccc6)nc6ccccc65)cc4)c4c(B)c(B)c(B)c(B)c34)c2)c(B)c1B. The quantitative estimate of drug-likeness (QED) is 0.126. The number of benzene rings is 8. The third-order valence-electron chi connectivity index (χ3n) is 14.8. The Kier molecular flexibility index (Phi) is 9.97. The lowest BCUT2D eigenvalue weighted by Crippen LogP contribution is -2.55. The van der Waals surface area contributed by atoms with Crippen molar-refractivity contribution in [3.05, 3.63) is 103 Å². The summed E-state index contributed by atoms with van der Waals surface area (Å²) in [5, 5.41) is 5.44. The molecule has 9 rings (SSSR count). The first-order valence-corrected chi connectivity index (χ1v) is 21.5. The monoisotopic (exact) mass is 754 g/mol. The summed E-state index contributed by atoms with van der Waals surface area (Å²) in [5.74, 6) is 0.948. The first-order valence-electron chi connectivity index (χ1n) is 21.5. The molecular formula is C45H43B13N2. The average molecular weight is 752 g/mol. The first-order chi connectivity index (χ1) is 28.7. The highest BCUT2D eigenvalue weighted by molar-refractivity contribution is 6.72. The molecule has 272 valence electrons. The number of rotatable bonds is 5. The predicted octanol–water partition coefficient (Wildman–Crippen LogP) is -10.6. The second kappa shape index (κ2) is 14.9. The van der Waals surface area contributed by atoms with Crippen molar-refractivity contribution < 1.29 is 0 Å². The molecule has 0 aliphatic carbocycles. The highest BCUT2D eigenvalue weighted by Crippen LogP contribution is 2.42. The summed E-state index contributed by atoms with van der Waals surface area (Å²) in [7, 11) is 30.1. The van der Waals surface area contributed by atoms with Gasteiger partial charge in [-0.2, -0.15) is 0 Å². The number of nitrogens with zero attached hydrogens (tertiary/aromatic N) is 2. The third kappa shape index (κ3) is 5.93. The number of para-hydroxylation sites is 2. The van der Waals surface area contributed by atoms with E-state index in [2.05, 4.69) is 210 Å². The number of hydrogen-bond acceptors (Lipinski definition) is 1. The van der Waals surface area contributed by atoms with Crippen LogP contribution in [0, 0.1) is 0 Å². The minimum Gasteiger partial charge on any atom is -0.292 e. The van der Waals surface area contributed by atoms with E-state index in [0.717, 1.165) is 28.1 Å². The van der Waals surface area contributed by atoms with Crippen molar-refractivity contribution in [1.29, 1.82) is 0 Å². The molecule has 8 aromatic carbocycles. The number of hydrogen-bond donors (Lipinski definition) is 0. The lowest BCUT2D eigenvalue weighted by atomic mass is 9.59. The van der Waals surface area contributed by atoms with Gasteiger partial charge >= 0.3 is 0 Å². The second-order valence-corrected chi connectivity index (χ2v) is 17.5. The summed E-state index contributed by atoms with van der Waals surface area (Å²) >= 11 is 0. The maximum absolute atomic E-state index is 5.15. The molecule has 60 heavy (non-hydrogen) atoms. The highest BCUT2D eigenvalue weighted by Gasteiger charge is 2.26. The average Bonchev–Trinajstić information content (AvgIpc) is 3.66. The lowest BCUT2D eigenvalue weighted by Gasteiger charge is -2.28. The molecular weight excluding hydrogens is 709 g/mol. The van der Waals surface area contributed by atoms with Crippen LogP contribution in [0.5, 0.6) is 0 Å². The van der Waals surface area contributed by atoms with Gasteiger partial charge in [-0.3, -0.25) is 4.57 Å². The van der Waals surface area contributed by atoms with Gasteiger partial charge in [-0.25, -0.2) is 4.98 Å². The van der Waals surface area contributed by atoms with Crippen molar-refractivity contribution >= 4 is 206 Å². The zero-order valence-corrected chi connectivity index (χ0v) is 37.7. The van der Waals surface area contributed by atoms with Gasteiger partial charge in [0.1, 0.15) is 108 Å². The van der Waals surface area contributed by atoms with Crippen LogP contribution in [0.25, 0.3) is 83.0 Å². The first kappa shape index (κ1) is 40.0.